The first-order valence-corrected chi connectivity index (χ1v) is 4.21. The maximum absolute atomic E-state index is 10.2. The molecule has 2 heterocycles. The van der Waals surface area contributed by atoms with Gasteiger partial charge < -0.3 is 14.1 Å². The van der Waals surface area contributed by atoms with E-state index >= 15 is 0 Å². The van der Waals surface area contributed by atoms with Crippen LogP contribution in [0, 0.1) is 0 Å². The summed E-state index contributed by atoms with van der Waals surface area (Å²) < 4.78 is 10.4. The molecule has 1 aromatic heterocycles. The monoisotopic (exact) mass is 180 g/mol. The Balaban J connectivity index is 2.09. The summed E-state index contributed by atoms with van der Waals surface area (Å²) in [6.07, 6.45) is 1.71. The summed E-state index contributed by atoms with van der Waals surface area (Å²) in [5.74, 6) is 0.975. The molecule has 1 aromatic rings. The van der Waals surface area contributed by atoms with Crippen molar-refractivity contribution in [2.75, 3.05) is 31.2 Å². The Morgan fingerprint density at radius 1 is 1.31 bits per heavy atom. The molecule has 4 heteroatoms. The number of anilines is 1. The molecule has 1 aliphatic heterocycles. The average Bonchev–Trinajstić information content (AvgIpc) is 2.67. The highest BCUT2D eigenvalue weighted by Gasteiger charge is 2.14. The second kappa shape index (κ2) is 3.62. The van der Waals surface area contributed by atoms with E-state index in [2.05, 4.69) is 0 Å². The van der Waals surface area contributed by atoms with E-state index < -0.39 is 0 Å². The summed E-state index contributed by atoms with van der Waals surface area (Å²) >= 11 is 0. The van der Waals surface area contributed by atoms with Gasteiger partial charge in [0.2, 0.25) is 0 Å². The van der Waals surface area contributed by atoms with Gasteiger partial charge in [0.1, 0.15) is 0 Å². The summed E-state index contributed by atoms with van der Waals surface area (Å²) in [6.45, 7) is 3.04. The highest BCUT2D eigenvalue weighted by Crippen LogP contribution is 2.18. The van der Waals surface area contributed by atoms with Crippen molar-refractivity contribution in [2.45, 2.75) is 0 Å². The van der Waals surface area contributed by atoms with E-state index in [0.717, 1.165) is 19.0 Å². The summed E-state index contributed by atoms with van der Waals surface area (Å²) in [6, 6.07) is 3.41. The molecular weight excluding hydrogens is 170 g/mol. The highest BCUT2D eigenvalue weighted by atomic mass is 16.5. The Kier molecular flexibility index (Phi) is 2.31. The molecule has 0 bridgehead atoms. The molecule has 1 fully saturated rings. The molecule has 13 heavy (non-hydrogen) atoms. The van der Waals surface area contributed by atoms with Crippen LogP contribution in [-0.2, 0) is 9.53 Å². The number of ether oxygens (including phenoxy) is 1. The predicted octanol–water partition coefficient (Wildman–Crippen LogP) is 0.574. The molecule has 0 spiro atoms. The minimum absolute atomic E-state index is 0.251. The normalized spacial score (nSPS) is 17.4. The van der Waals surface area contributed by atoms with Gasteiger partial charge in [-0.3, -0.25) is 4.79 Å². The zero-order valence-electron chi connectivity index (χ0n) is 7.16. The van der Waals surface area contributed by atoms with Crippen LogP contribution in [0.5, 0.6) is 0 Å². The van der Waals surface area contributed by atoms with Crippen molar-refractivity contribution in [3.05, 3.63) is 17.9 Å². The second-order valence-corrected chi connectivity index (χ2v) is 2.84. The van der Waals surface area contributed by atoms with Gasteiger partial charge in [0.15, 0.2) is 11.6 Å². The highest BCUT2D eigenvalue weighted by molar-refractivity contribution is 5.72. The molecule has 2 rings (SSSR count). The number of furan rings is 1. The van der Waals surface area contributed by atoms with Gasteiger partial charge in [0.05, 0.1) is 13.2 Å². The fourth-order valence-corrected chi connectivity index (χ4v) is 1.34. The van der Waals surface area contributed by atoms with E-state index in [0.29, 0.717) is 13.2 Å². The van der Waals surface area contributed by atoms with Crippen molar-refractivity contribution in [3.63, 3.8) is 0 Å². The lowest BCUT2D eigenvalue weighted by atomic mass is 10.4. The fraction of sp³-hybridized carbons (Fsp3) is 0.444. The fourth-order valence-electron chi connectivity index (χ4n) is 1.34. The van der Waals surface area contributed by atoms with Gasteiger partial charge in [0.25, 0.3) is 6.29 Å². The Hall–Kier alpha value is -1.29. The van der Waals surface area contributed by atoms with Gasteiger partial charge in [0, 0.05) is 19.2 Å². The van der Waals surface area contributed by atoms with E-state index in [1.807, 2.05) is 4.90 Å². The van der Waals surface area contributed by atoms with Crippen molar-refractivity contribution >= 4 is 12.2 Å². The van der Waals surface area contributed by atoms with Crippen molar-refractivity contribution in [1.29, 1.82) is 0 Å². The lowest BCUT2D eigenvalue weighted by Crippen LogP contribution is -2.35. The first-order chi connectivity index (χ1) is 6.40. The van der Waals surface area contributed by atoms with Crippen LogP contribution in [0.3, 0.4) is 0 Å². The van der Waals surface area contributed by atoms with E-state index in [1.54, 1.807) is 18.4 Å². The van der Waals surface area contributed by atoms with Crippen molar-refractivity contribution in [2.24, 2.45) is 0 Å². The zero-order chi connectivity index (χ0) is 9.10. The largest absolute Gasteiger partial charge is 0.437 e. The third-order valence-electron chi connectivity index (χ3n) is 2.02. The quantitative estimate of drug-likeness (QED) is 0.667. The van der Waals surface area contributed by atoms with Crippen molar-refractivity contribution in [1.82, 2.24) is 0 Å². The maximum atomic E-state index is 10.2. The van der Waals surface area contributed by atoms with Crippen molar-refractivity contribution in [3.8, 4) is 0 Å². The number of hydrogen-bond donors (Lipinski definition) is 0. The first-order valence-electron chi connectivity index (χ1n) is 4.21. The Bertz CT molecular complexity index is 289. The van der Waals surface area contributed by atoms with Gasteiger partial charge in [-0.2, -0.15) is 0 Å². The molecule has 1 saturated heterocycles. The van der Waals surface area contributed by atoms with Crippen LogP contribution < -0.4 is 4.90 Å². The molecule has 0 amide bonds. The van der Waals surface area contributed by atoms with Crippen LogP contribution in [0.15, 0.2) is 16.5 Å². The number of rotatable bonds is 2. The third-order valence-corrected chi connectivity index (χ3v) is 2.02. The van der Waals surface area contributed by atoms with Crippen LogP contribution in [0.2, 0.25) is 0 Å². The second-order valence-electron chi connectivity index (χ2n) is 2.84. The molecule has 0 aliphatic carbocycles. The van der Waals surface area contributed by atoms with E-state index in [-0.39, 0.29) is 5.76 Å². The van der Waals surface area contributed by atoms with Crippen LogP contribution >= 0.6 is 0 Å². The molecule has 0 unspecified atom stereocenters. The van der Waals surface area contributed by atoms with Crippen LogP contribution in [-0.4, -0.2) is 32.6 Å². The Morgan fingerprint density at radius 2 is 2.08 bits per heavy atom. The summed E-state index contributed by atoms with van der Waals surface area (Å²) in [5, 5.41) is 0. The molecule has 0 saturated carbocycles. The van der Waals surface area contributed by atoms with Crippen LogP contribution in [0.4, 0.5) is 5.88 Å². The van der Waals surface area contributed by atoms with Gasteiger partial charge >= 0.3 is 0 Å². The molecule has 0 aromatic carbocycles. The maximum Gasteiger partial charge on any atom is 0.272 e. The average molecular weight is 180 g/mol. The van der Waals surface area contributed by atoms with E-state index in [4.69, 9.17) is 9.15 Å². The number of morpholine rings is 1. The van der Waals surface area contributed by atoms with Gasteiger partial charge in [-0.15, -0.1) is 0 Å². The standard InChI is InChI=1S/C9H10NO3/c11-7-8-1-2-9(13-8)10-3-5-12-6-4-10/h1-2H,3-6H2. The molecule has 4 nitrogen and oxygen atoms in total. The van der Waals surface area contributed by atoms with Crippen LogP contribution in [0.25, 0.3) is 0 Å². The minimum Gasteiger partial charge on any atom is -0.437 e. The SMILES string of the molecule is O=[C]c1ccc(N2CCOCC2)o1. The van der Waals surface area contributed by atoms with E-state index in [9.17, 15) is 4.79 Å². The lowest BCUT2D eigenvalue weighted by molar-refractivity contribution is 0.120. The zero-order valence-corrected chi connectivity index (χ0v) is 7.16. The van der Waals surface area contributed by atoms with Crippen LogP contribution in [0.1, 0.15) is 5.76 Å². The lowest BCUT2D eigenvalue weighted by Gasteiger charge is -2.25. The minimum atomic E-state index is 0.251. The molecular formula is C9H10NO3. The van der Waals surface area contributed by atoms with Gasteiger partial charge in [-0.05, 0) is 6.07 Å². The van der Waals surface area contributed by atoms with Gasteiger partial charge in [-0.25, -0.2) is 0 Å². The topological polar surface area (TPSA) is 42.7 Å². The molecule has 1 aliphatic rings. The van der Waals surface area contributed by atoms with E-state index in [1.165, 1.54) is 0 Å². The molecule has 0 N–H and O–H groups in total. The number of nitrogens with zero attached hydrogens (tertiary/aromatic N) is 1. The third kappa shape index (κ3) is 1.72. The van der Waals surface area contributed by atoms with Crippen molar-refractivity contribution < 1.29 is 13.9 Å². The predicted molar refractivity (Wildman–Crippen MR) is 46.5 cm³/mol. The summed E-state index contributed by atoms with van der Waals surface area (Å²) in [5.41, 5.74) is 0. The molecule has 0 atom stereocenters. The number of carbonyl (C=O) groups excluding carboxylic acids is 1. The Labute approximate surface area is 76.1 Å². The van der Waals surface area contributed by atoms with Gasteiger partial charge in [-0.1, -0.05) is 0 Å². The molecule has 1 radical (unpaired) electrons. The summed E-state index contributed by atoms with van der Waals surface area (Å²) in [7, 11) is 0. The first kappa shape index (κ1) is 8.31. The molecule has 69 valence electrons. The smallest absolute Gasteiger partial charge is 0.272 e. The number of hydrogen-bond acceptors (Lipinski definition) is 4. The summed E-state index contributed by atoms with van der Waals surface area (Å²) in [4.78, 5) is 12.3. The Morgan fingerprint density at radius 3 is 2.69 bits per heavy atom.